The summed E-state index contributed by atoms with van der Waals surface area (Å²) >= 11 is 0. The first-order chi connectivity index (χ1) is 16.5. The largest absolute Gasteiger partial charge is 0.462 e. The van der Waals surface area contributed by atoms with Crippen molar-refractivity contribution in [3.63, 3.8) is 0 Å². The maximum atomic E-state index is 14.1. The second-order valence-electron chi connectivity index (χ2n) is 9.72. The molecule has 2 bridgehead atoms. The molecular formula is C26H26FN3O4. The number of fused-ring (bicyclic) bond motifs is 1. The molecule has 2 aromatic carbocycles. The van der Waals surface area contributed by atoms with Gasteiger partial charge in [0.25, 0.3) is 5.91 Å². The summed E-state index contributed by atoms with van der Waals surface area (Å²) in [6.45, 7) is 2.07. The molecule has 5 atom stereocenters. The highest BCUT2D eigenvalue weighted by Gasteiger charge is 2.63. The van der Waals surface area contributed by atoms with Crippen molar-refractivity contribution in [3.05, 3.63) is 59.9 Å². The number of nitrogens with zero attached hydrogens (tertiary/aromatic N) is 2. The van der Waals surface area contributed by atoms with Gasteiger partial charge in [0, 0.05) is 43.3 Å². The summed E-state index contributed by atoms with van der Waals surface area (Å²) in [6, 6.07) is 13.6. The minimum atomic E-state index is -0.359. The standard InChI is InChI=1S/C26H26FN3O4/c27-19-6-1-2-7-20(19)29-8-10-30(11-9-29)25(32)15-4-3-5-17(12-15)28-24(31)22-16-13-18-21(14-16)34-26(33)23(18)22/h1-7,12,16,18,21-23H,8-11,13-14H2,(H,28,31). The zero-order valence-electron chi connectivity index (χ0n) is 18.7. The van der Waals surface area contributed by atoms with E-state index >= 15 is 0 Å². The Kier molecular flexibility index (Phi) is 5.04. The highest BCUT2D eigenvalue weighted by molar-refractivity contribution is 5.99. The normalized spacial score (nSPS) is 29.3. The maximum absolute atomic E-state index is 14.1. The van der Waals surface area contributed by atoms with Crippen molar-refractivity contribution < 1.29 is 23.5 Å². The molecule has 0 aromatic heterocycles. The molecular weight excluding hydrogens is 437 g/mol. The molecule has 1 N–H and O–H groups in total. The van der Waals surface area contributed by atoms with E-state index in [0.717, 1.165) is 12.8 Å². The number of anilines is 2. The molecule has 2 aromatic rings. The SMILES string of the molecule is O=C(Nc1cccc(C(=O)N2CCN(c3ccccc3F)CC2)c1)C1C2CC3OC(=O)C1C3C2. The summed E-state index contributed by atoms with van der Waals surface area (Å²) in [4.78, 5) is 42.1. The lowest BCUT2D eigenvalue weighted by Crippen LogP contribution is -2.49. The van der Waals surface area contributed by atoms with Crippen LogP contribution in [-0.4, -0.2) is 55.0 Å². The summed E-state index contributed by atoms with van der Waals surface area (Å²) in [5.41, 5.74) is 1.59. The van der Waals surface area contributed by atoms with E-state index in [0.29, 0.717) is 43.1 Å². The molecule has 34 heavy (non-hydrogen) atoms. The zero-order valence-corrected chi connectivity index (χ0v) is 18.7. The first kappa shape index (κ1) is 21.1. The van der Waals surface area contributed by atoms with Crippen LogP contribution in [0.15, 0.2) is 48.5 Å². The number of ether oxygens (including phenoxy) is 1. The predicted octanol–water partition coefficient (Wildman–Crippen LogP) is 2.92. The molecule has 2 aliphatic carbocycles. The fourth-order valence-corrected chi connectivity index (χ4v) is 6.36. The van der Waals surface area contributed by atoms with E-state index in [4.69, 9.17) is 4.74 Å². The Labute approximate surface area is 196 Å². The molecule has 6 rings (SSSR count). The van der Waals surface area contributed by atoms with Gasteiger partial charge in [-0.15, -0.1) is 0 Å². The molecule has 5 unspecified atom stereocenters. The first-order valence-electron chi connectivity index (χ1n) is 11.9. The average molecular weight is 464 g/mol. The number of hydrogen-bond donors (Lipinski definition) is 1. The van der Waals surface area contributed by atoms with Crippen LogP contribution in [0.4, 0.5) is 15.8 Å². The van der Waals surface area contributed by atoms with Crippen molar-refractivity contribution in [3.8, 4) is 0 Å². The van der Waals surface area contributed by atoms with Crippen molar-refractivity contribution in [2.24, 2.45) is 23.7 Å². The summed E-state index contributed by atoms with van der Waals surface area (Å²) in [6.07, 6.45) is 1.63. The number of para-hydroxylation sites is 1. The second-order valence-corrected chi connectivity index (χ2v) is 9.72. The van der Waals surface area contributed by atoms with Gasteiger partial charge in [0.1, 0.15) is 11.9 Å². The van der Waals surface area contributed by atoms with E-state index in [9.17, 15) is 18.8 Å². The molecule has 0 spiro atoms. The Morgan fingerprint density at radius 3 is 2.59 bits per heavy atom. The Morgan fingerprint density at radius 1 is 1.00 bits per heavy atom. The van der Waals surface area contributed by atoms with E-state index in [-0.39, 0.29) is 53.4 Å². The molecule has 2 saturated heterocycles. The van der Waals surface area contributed by atoms with Gasteiger partial charge in [-0.05, 0) is 49.1 Å². The maximum Gasteiger partial charge on any atom is 0.310 e. The molecule has 4 aliphatic rings. The molecule has 0 radical (unpaired) electrons. The fourth-order valence-electron chi connectivity index (χ4n) is 6.36. The van der Waals surface area contributed by atoms with E-state index in [1.807, 2.05) is 4.90 Å². The Hall–Kier alpha value is -3.42. The quantitative estimate of drug-likeness (QED) is 0.706. The summed E-state index contributed by atoms with van der Waals surface area (Å²) < 4.78 is 19.5. The van der Waals surface area contributed by atoms with E-state index < -0.39 is 0 Å². The summed E-state index contributed by atoms with van der Waals surface area (Å²) in [5, 5.41) is 2.94. The van der Waals surface area contributed by atoms with Gasteiger partial charge in [-0.3, -0.25) is 14.4 Å². The van der Waals surface area contributed by atoms with Crippen LogP contribution in [0.25, 0.3) is 0 Å². The van der Waals surface area contributed by atoms with Crippen LogP contribution < -0.4 is 10.2 Å². The minimum absolute atomic E-state index is 0.00801. The second kappa shape index (κ2) is 8.11. The lowest BCUT2D eigenvalue weighted by atomic mass is 9.79. The van der Waals surface area contributed by atoms with Gasteiger partial charge in [-0.2, -0.15) is 0 Å². The van der Waals surface area contributed by atoms with Crippen molar-refractivity contribution in [1.82, 2.24) is 4.90 Å². The van der Waals surface area contributed by atoms with Gasteiger partial charge >= 0.3 is 5.97 Å². The third kappa shape index (κ3) is 3.43. The molecule has 4 fully saturated rings. The monoisotopic (exact) mass is 463 g/mol. The number of benzene rings is 2. The van der Waals surface area contributed by atoms with E-state index in [2.05, 4.69) is 5.32 Å². The van der Waals surface area contributed by atoms with Gasteiger partial charge in [0.2, 0.25) is 5.91 Å². The predicted molar refractivity (Wildman–Crippen MR) is 123 cm³/mol. The van der Waals surface area contributed by atoms with Gasteiger partial charge in [0.15, 0.2) is 0 Å². The van der Waals surface area contributed by atoms with Crippen LogP contribution in [0, 0.1) is 29.5 Å². The summed E-state index contributed by atoms with van der Waals surface area (Å²) in [5.74, 6) is -1.13. The van der Waals surface area contributed by atoms with Crippen molar-refractivity contribution in [1.29, 1.82) is 0 Å². The molecule has 2 aliphatic heterocycles. The third-order valence-corrected chi connectivity index (χ3v) is 7.92. The molecule has 2 heterocycles. The van der Waals surface area contributed by atoms with Crippen LogP contribution >= 0.6 is 0 Å². The third-order valence-electron chi connectivity index (χ3n) is 7.92. The number of halogens is 1. The molecule has 2 amide bonds. The van der Waals surface area contributed by atoms with Crippen molar-refractivity contribution >= 4 is 29.2 Å². The molecule has 7 nitrogen and oxygen atoms in total. The van der Waals surface area contributed by atoms with Crippen LogP contribution in [-0.2, 0) is 14.3 Å². The Bertz CT molecular complexity index is 1160. The fraction of sp³-hybridized carbons (Fsp3) is 0.423. The molecule has 176 valence electrons. The number of carbonyl (C=O) groups excluding carboxylic acids is 3. The van der Waals surface area contributed by atoms with Gasteiger partial charge in [0.05, 0.1) is 17.5 Å². The number of esters is 1. The number of carbonyl (C=O) groups is 3. The smallest absolute Gasteiger partial charge is 0.310 e. The Balaban J connectivity index is 1.11. The molecule has 2 saturated carbocycles. The average Bonchev–Trinajstić information content (AvgIpc) is 3.47. The number of amides is 2. The van der Waals surface area contributed by atoms with E-state index in [1.165, 1.54) is 6.07 Å². The molecule has 8 heteroatoms. The van der Waals surface area contributed by atoms with Crippen LogP contribution in [0.2, 0.25) is 0 Å². The topological polar surface area (TPSA) is 79.0 Å². The van der Waals surface area contributed by atoms with Crippen LogP contribution in [0.3, 0.4) is 0 Å². The van der Waals surface area contributed by atoms with Crippen molar-refractivity contribution in [2.45, 2.75) is 18.9 Å². The van der Waals surface area contributed by atoms with Crippen molar-refractivity contribution in [2.75, 3.05) is 36.4 Å². The Morgan fingerprint density at radius 2 is 1.79 bits per heavy atom. The number of piperazine rings is 1. The highest BCUT2D eigenvalue weighted by atomic mass is 19.1. The first-order valence-corrected chi connectivity index (χ1v) is 11.9. The summed E-state index contributed by atoms with van der Waals surface area (Å²) in [7, 11) is 0. The van der Waals surface area contributed by atoms with Gasteiger partial charge in [-0.1, -0.05) is 18.2 Å². The van der Waals surface area contributed by atoms with E-state index in [1.54, 1.807) is 47.4 Å². The lowest BCUT2D eigenvalue weighted by Gasteiger charge is -2.36. The van der Waals surface area contributed by atoms with Gasteiger partial charge in [-0.25, -0.2) is 4.39 Å². The highest BCUT2D eigenvalue weighted by Crippen LogP contribution is 2.57. The number of hydrogen-bond acceptors (Lipinski definition) is 5. The lowest BCUT2D eigenvalue weighted by molar-refractivity contribution is -0.145. The number of rotatable bonds is 4. The van der Waals surface area contributed by atoms with Crippen LogP contribution in [0.1, 0.15) is 23.2 Å². The minimum Gasteiger partial charge on any atom is -0.462 e. The zero-order chi connectivity index (χ0) is 23.4. The van der Waals surface area contributed by atoms with Crippen LogP contribution in [0.5, 0.6) is 0 Å². The number of nitrogens with one attached hydrogen (secondary N) is 1. The van der Waals surface area contributed by atoms with Gasteiger partial charge < -0.3 is 19.9 Å².